The minimum atomic E-state index is -3.58. The van der Waals surface area contributed by atoms with Crippen LogP contribution in [-0.2, 0) is 11.4 Å². The van der Waals surface area contributed by atoms with Crippen LogP contribution in [0.3, 0.4) is 0 Å². The number of benzene rings is 1. The quantitative estimate of drug-likeness (QED) is 0.535. The number of halogens is 2. The average molecular weight is 518 g/mol. The highest BCUT2D eigenvalue weighted by atomic mass is 19.3. The van der Waals surface area contributed by atoms with Gasteiger partial charge in [-0.2, -0.15) is 13.8 Å². The predicted molar refractivity (Wildman–Crippen MR) is 137 cm³/mol. The Morgan fingerprint density at radius 2 is 1.95 bits per heavy atom. The van der Waals surface area contributed by atoms with Gasteiger partial charge in [0.15, 0.2) is 5.82 Å². The third kappa shape index (κ3) is 5.64. The van der Waals surface area contributed by atoms with E-state index in [-0.39, 0.29) is 42.1 Å². The molecule has 0 aliphatic carbocycles. The normalized spacial score (nSPS) is 18.5. The van der Waals surface area contributed by atoms with Crippen LogP contribution in [0, 0.1) is 0 Å². The summed E-state index contributed by atoms with van der Waals surface area (Å²) in [6, 6.07) is 4.63. The molecule has 0 saturated carbocycles. The zero-order chi connectivity index (χ0) is 26.9. The van der Waals surface area contributed by atoms with E-state index in [9.17, 15) is 23.5 Å². The van der Waals surface area contributed by atoms with E-state index in [1.165, 1.54) is 18.1 Å². The van der Waals surface area contributed by atoms with E-state index in [1.54, 1.807) is 32.0 Å². The van der Waals surface area contributed by atoms with E-state index in [0.29, 0.717) is 16.8 Å². The van der Waals surface area contributed by atoms with Gasteiger partial charge in [0, 0.05) is 35.9 Å². The average Bonchev–Trinajstić information content (AvgIpc) is 2.94. The first-order valence-electron chi connectivity index (χ1n) is 12.3. The fraction of sp³-hybridized carbons (Fsp3) is 0.520. The molecule has 2 aliphatic heterocycles. The van der Waals surface area contributed by atoms with Crippen LogP contribution in [0.1, 0.15) is 42.6 Å². The fourth-order valence-corrected chi connectivity index (χ4v) is 4.54. The molecule has 2 amide bonds. The number of aromatic nitrogens is 2. The molecule has 1 aromatic heterocycles. The zero-order valence-electron chi connectivity index (χ0n) is 21.5. The lowest BCUT2D eigenvalue weighted by molar-refractivity contribution is -0.140. The molecule has 10 nitrogen and oxygen atoms in total. The number of hydrogen-bond donors (Lipinski definition) is 3. The Kier molecular flexibility index (Phi) is 7.60. The van der Waals surface area contributed by atoms with Gasteiger partial charge >= 0.3 is 5.92 Å². The van der Waals surface area contributed by atoms with Gasteiger partial charge in [-0.25, -0.2) is 4.98 Å². The molecule has 2 aromatic rings. The fourth-order valence-electron chi connectivity index (χ4n) is 4.54. The van der Waals surface area contributed by atoms with Crippen molar-refractivity contribution in [2.45, 2.75) is 51.3 Å². The maximum Gasteiger partial charge on any atom is 0.342 e. The number of carbonyl (C=O) groups is 2. The Balaban J connectivity index is 1.57. The summed E-state index contributed by atoms with van der Waals surface area (Å²) in [7, 11) is 3.33. The highest BCUT2D eigenvalue weighted by Gasteiger charge is 2.47. The molecule has 3 heterocycles. The second-order valence-electron chi connectivity index (χ2n) is 9.90. The van der Waals surface area contributed by atoms with Crippen LogP contribution >= 0.6 is 0 Å². The van der Waals surface area contributed by atoms with Crippen molar-refractivity contribution in [1.82, 2.24) is 20.2 Å². The number of nitrogens with one attached hydrogen (secondary N) is 2. The summed E-state index contributed by atoms with van der Waals surface area (Å²) in [5, 5.41) is 16.0. The zero-order valence-corrected chi connectivity index (χ0v) is 21.5. The number of fused-ring (bicyclic) bond motifs is 1. The Hall–Kier alpha value is -3.38. The summed E-state index contributed by atoms with van der Waals surface area (Å²) in [5.74, 6) is -4.81. The number of amides is 2. The standard InChI is InChI=1S/C25H33F2N7O3/c1-15(2)34-14-25(26,27)23(37)33(4)20-12-28-24(31-21(20)34)30-19-6-5-16(11-17(19)13-35)22(36)29-18-7-9-32(3)10-8-18/h5-6,11-12,15,18,35H,7-10,13-14H2,1-4H3,(H,29,36)(H,28,30,31). The van der Waals surface area contributed by atoms with Crippen LogP contribution in [-0.4, -0.2) is 83.5 Å². The second kappa shape index (κ2) is 10.5. The number of anilines is 4. The molecule has 200 valence electrons. The number of piperidine rings is 1. The molecule has 1 fully saturated rings. The molecular formula is C25H33F2N7O3. The lowest BCUT2D eigenvalue weighted by Gasteiger charge is -2.29. The molecule has 37 heavy (non-hydrogen) atoms. The number of nitrogens with zero attached hydrogens (tertiary/aromatic N) is 5. The molecule has 2 aliphatic rings. The van der Waals surface area contributed by atoms with Gasteiger partial charge in [-0.15, -0.1) is 0 Å². The number of alkyl halides is 2. The van der Waals surface area contributed by atoms with Crippen molar-refractivity contribution >= 4 is 35.0 Å². The van der Waals surface area contributed by atoms with Crippen LogP contribution < -0.4 is 20.4 Å². The number of likely N-dealkylation sites (tertiary alicyclic amines) is 1. The minimum absolute atomic E-state index is 0.105. The largest absolute Gasteiger partial charge is 0.392 e. The van der Waals surface area contributed by atoms with E-state index in [1.807, 2.05) is 0 Å². The molecular weight excluding hydrogens is 484 g/mol. The number of aliphatic hydroxyl groups excluding tert-OH is 1. The Morgan fingerprint density at radius 3 is 2.59 bits per heavy atom. The summed E-state index contributed by atoms with van der Waals surface area (Å²) in [6.07, 6.45) is 3.08. The van der Waals surface area contributed by atoms with Gasteiger partial charge in [0.25, 0.3) is 11.8 Å². The minimum Gasteiger partial charge on any atom is -0.392 e. The topological polar surface area (TPSA) is 114 Å². The van der Waals surface area contributed by atoms with Crippen LogP contribution in [0.2, 0.25) is 0 Å². The smallest absolute Gasteiger partial charge is 0.342 e. The summed E-state index contributed by atoms with van der Waals surface area (Å²) >= 11 is 0. The van der Waals surface area contributed by atoms with Crippen LogP contribution in [0.5, 0.6) is 0 Å². The van der Waals surface area contributed by atoms with Gasteiger partial charge in [-0.3, -0.25) is 9.59 Å². The molecule has 0 radical (unpaired) electrons. The lowest BCUT2D eigenvalue weighted by atomic mass is 10.0. The van der Waals surface area contributed by atoms with E-state index >= 15 is 0 Å². The van der Waals surface area contributed by atoms with Crippen molar-refractivity contribution in [3.63, 3.8) is 0 Å². The highest BCUT2D eigenvalue weighted by molar-refractivity contribution is 6.02. The molecule has 0 bridgehead atoms. The second-order valence-corrected chi connectivity index (χ2v) is 9.90. The SMILES string of the molecule is CC(C)N1CC(F)(F)C(=O)N(C)c2cnc(Nc3ccc(C(=O)NC4CCN(C)CC4)cc3CO)nc21. The molecule has 0 unspecified atom stereocenters. The molecule has 0 atom stereocenters. The summed E-state index contributed by atoms with van der Waals surface area (Å²) in [5.41, 5.74) is 1.52. The van der Waals surface area contributed by atoms with E-state index in [4.69, 9.17) is 0 Å². The summed E-state index contributed by atoms with van der Waals surface area (Å²) in [4.78, 5) is 38.2. The van der Waals surface area contributed by atoms with E-state index in [0.717, 1.165) is 30.8 Å². The maximum absolute atomic E-state index is 14.5. The number of carbonyl (C=O) groups excluding carboxylic acids is 2. The number of hydrogen-bond acceptors (Lipinski definition) is 8. The van der Waals surface area contributed by atoms with Crippen molar-refractivity contribution < 1.29 is 23.5 Å². The summed E-state index contributed by atoms with van der Waals surface area (Å²) in [6.45, 7) is 4.18. The third-order valence-electron chi connectivity index (χ3n) is 6.83. The van der Waals surface area contributed by atoms with E-state index in [2.05, 4.69) is 32.5 Å². The predicted octanol–water partition coefficient (Wildman–Crippen LogP) is 2.36. The molecule has 12 heteroatoms. The van der Waals surface area contributed by atoms with E-state index < -0.39 is 18.4 Å². The van der Waals surface area contributed by atoms with Crippen LogP contribution in [0.15, 0.2) is 24.4 Å². The van der Waals surface area contributed by atoms with Crippen molar-refractivity contribution in [3.05, 3.63) is 35.5 Å². The maximum atomic E-state index is 14.5. The first kappa shape index (κ1) is 26.7. The van der Waals surface area contributed by atoms with Crippen LogP contribution in [0.25, 0.3) is 0 Å². The van der Waals surface area contributed by atoms with Crippen molar-refractivity contribution in [1.29, 1.82) is 0 Å². The van der Waals surface area contributed by atoms with Crippen molar-refractivity contribution in [2.24, 2.45) is 0 Å². The number of rotatable bonds is 6. The molecule has 3 N–H and O–H groups in total. The summed E-state index contributed by atoms with van der Waals surface area (Å²) < 4.78 is 29.1. The molecule has 0 spiro atoms. The number of aliphatic hydroxyl groups is 1. The monoisotopic (exact) mass is 517 g/mol. The third-order valence-corrected chi connectivity index (χ3v) is 6.83. The highest BCUT2D eigenvalue weighted by Crippen LogP contribution is 2.36. The first-order chi connectivity index (χ1) is 17.5. The Bertz CT molecular complexity index is 1170. The van der Waals surface area contributed by atoms with Gasteiger partial charge < -0.3 is 30.4 Å². The van der Waals surface area contributed by atoms with Gasteiger partial charge in [-0.05, 0) is 65.0 Å². The lowest BCUT2D eigenvalue weighted by Crippen LogP contribution is -2.47. The Morgan fingerprint density at radius 1 is 1.24 bits per heavy atom. The molecule has 4 rings (SSSR count). The van der Waals surface area contributed by atoms with Gasteiger partial charge in [0.2, 0.25) is 5.95 Å². The van der Waals surface area contributed by atoms with Gasteiger partial charge in [-0.1, -0.05) is 0 Å². The molecule has 1 saturated heterocycles. The van der Waals surface area contributed by atoms with Crippen molar-refractivity contribution in [2.75, 3.05) is 48.8 Å². The van der Waals surface area contributed by atoms with Gasteiger partial charge in [0.1, 0.15) is 5.69 Å². The molecule has 1 aromatic carbocycles. The van der Waals surface area contributed by atoms with Gasteiger partial charge in [0.05, 0.1) is 19.3 Å². The van der Waals surface area contributed by atoms with Crippen LogP contribution in [0.4, 0.5) is 31.9 Å². The first-order valence-corrected chi connectivity index (χ1v) is 12.3. The van der Waals surface area contributed by atoms with Crippen molar-refractivity contribution in [3.8, 4) is 0 Å². The Labute approximate surface area is 214 Å².